The summed E-state index contributed by atoms with van der Waals surface area (Å²) >= 11 is 0. The Kier molecular flexibility index (Phi) is 5.36. The van der Waals surface area contributed by atoms with Crippen molar-refractivity contribution >= 4 is 35.8 Å². The summed E-state index contributed by atoms with van der Waals surface area (Å²) < 4.78 is 5.73. The van der Waals surface area contributed by atoms with E-state index < -0.39 is 0 Å². The fourth-order valence-corrected chi connectivity index (χ4v) is 1.88. The summed E-state index contributed by atoms with van der Waals surface area (Å²) in [6, 6.07) is 13.4. The van der Waals surface area contributed by atoms with Crippen molar-refractivity contribution in [2.75, 3.05) is 0 Å². The first-order valence-electron chi connectivity index (χ1n) is 5.48. The average molecular weight is 297 g/mol. The third kappa shape index (κ3) is 3.07. The molecule has 3 nitrogen and oxygen atoms in total. The number of furan rings is 1. The van der Waals surface area contributed by atoms with Crippen LogP contribution in [-0.2, 0) is 0 Å². The Bertz CT molecular complexity index is 607. The van der Waals surface area contributed by atoms with Crippen LogP contribution >= 0.6 is 24.8 Å². The van der Waals surface area contributed by atoms with Gasteiger partial charge in [-0.25, -0.2) is 0 Å². The van der Waals surface area contributed by atoms with Crippen molar-refractivity contribution in [1.29, 1.82) is 0 Å². The smallest absolute Gasteiger partial charge is 0.134 e. The Labute approximate surface area is 123 Å². The molecular weight excluding hydrogens is 283 g/mol. The molecule has 0 bridgehead atoms. The highest BCUT2D eigenvalue weighted by Gasteiger charge is 2.13. The van der Waals surface area contributed by atoms with E-state index in [1.807, 2.05) is 42.5 Å². The molecule has 5 heteroatoms. The van der Waals surface area contributed by atoms with Gasteiger partial charge in [-0.3, -0.25) is 4.98 Å². The maximum atomic E-state index is 6.15. The summed E-state index contributed by atoms with van der Waals surface area (Å²) in [6.45, 7) is 0. The fourth-order valence-electron chi connectivity index (χ4n) is 1.88. The highest BCUT2D eigenvalue weighted by molar-refractivity contribution is 5.85. The van der Waals surface area contributed by atoms with Crippen molar-refractivity contribution in [3.05, 3.63) is 66.2 Å². The highest BCUT2D eigenvalue weighted by Crippen LogP contribution is 2.25. The van der Waals surface area contributed by atoms with E-state index >= 15 is 0 Å². The standard InChI is InChI=1S/C14H12N2O.2ClH/c15-14(11-5-3-7-16-9-11)13-8-10-4-1-2-6-12(10)17-13;;/h1-9,14H,15H2;2*1H. The minimum Gasteiger partial charge on any atom is -0.459 e. The molecule has 0 radical (unpaired) electrons. The first kappa shape index (κ1) is 15.5. The molecule has 0 fully saturated rings. The van der Waals surface area contributed by atoms with Gasteiger partial charge in [0.1, 0.15) is 11.3 Å². The Morgan fingerprint density at radius 2 is 1.84 bits per heavy atom. The number of nitrogens with zero attached hydrogens (tertiary/aromatic N) is 1. The Balaban J connectivity index is 0.000000902. The molecule has 0 aliphatic heterocycles. The molecule has 19 heavy (non-hydrogen) atoms. The lowest BCUT2D eigenvalue weighted by Crippen LogP contribution is -2.10. The van der Waals surface area contributed by atoms with Crippen LogP contribution in [0.15, 0.2) is 59.3 Å². The summed E-state index contributed by atoms with van der Waals surface area (Å²) in [5.41, 5.74) is 7.96. The van der Waals surface area contributed by atoms with Crippen LogP contribution in [0, 0.1) is 0 Å². The van der Waals surface area contributed by atoms with Crippen LogP contribution in [0.25, 0.3) is 11.0 Å². The molecule has 1 unspecified atom stereocenters. The average Bonchev–Trinajstić information content (AvgIpc) is 2.82. The molecule has 0 saturated carbocycles. The number of benzene rings is 1. The Morgan fingerprint density at radius 1 is 1.05 bits per heavy atom. The summed E-state index contributed by atoms with van der Waals surface area (Å²) in [7, 11) is 0. The van der Waals surface area contributed by atoms with Gasteiger partial charge >= 0.3 is 0 Å². The number of rotatable bonds is 2. The van der Waals surface area contributed by atoms with E-state index in [1.165, 1.54) is 0 Å². The van der Waals surface area contributed by atoms with Gasteiger partial charge < -0.3 is 10.2 Å². The molecular formula is C14H14Cl2N2O. The third-order valence-corrected chi connectivity index (χ3v) is 2.79. The summed E-state index contributed by atoms with van der Waals surface area (Å²) in [5.74, 6) is 0.763. The Hall–Kier alpha value is -1.55. The topological polar surface area (TPSA) is 52.0 Å². The lowest BCUT2D eigenvalue weighted by Gasteiger charge is -2.07. The number of nitrogens with two attached hydrogens (primary N) is 1. The van der Waals surface area contributed by atoms with Crippen LogP contribution < -0.4 is 5.73 Å². The van der Waals surface area contributed by atoms with Crippen molar-refractivity contribution < 1.29 is 4.42 Å². The first-order valence-corrected chi connectivity index (χ1v) is 5.48. The predicted octanol–water partition coefficient (Wildman–Crippen LogP) is 3.72. The molecule has 0 spiro atoms. The fraction of sp³-hybridized carbons (Fsp3) is 0.0714. The molecule has 0 amide bonds. The van der Waals surface area contributed by atoms with Crippen LogP contribution in [0.4, 0.5) is 0 Å². The van der Waals surface area contributed by atoms with E-state index in [2.05, 4.69) is 4.98 Å². The largest absolute Gasteiger partial charge is 0.459 e. The van der Waals surface area contributed by atoms with Gasteiger partial charge in [-0.2, -0.15) is 0 Å². The summed E-state index contributed by atoms with van der Waals surface area (Å²) in [6.07, 6.45) is 3.49. The van der Waals surface area contributed by atoms with Crippen LogP contribution in [-0.4, -0.2) is 4.98 Å². The molecule has 3 rings (SSSR count). The summed E-state index contributed by atoms with van der Waals surface area (Å²) in [5, 5.41) is 1.07. The monoisotopic (exact) mass is 296 g/mol. The third-order valence-electron chi connectivity index (χ3n) is 2.79. The lowest BCUT2D eigenvalue weighted by atomic mass is 10.1. The maximum Gasteiger partial charge on any atom is 0.134 e. The number of pyridine rings is 1. The van der Waals surface area contributed by atoms with Gasteiger partial charge in [0.05, 0.1) is 6.04 Å². The number of aromatic nitrogens is 1. The number of hydrogen-bond acceptors (Lipinski definition) is 3. The predicted molar refractivity (Wildman–Crippen MR) is 81.0 cm³/mol. The second kappa shape index (κ2) is 6.57. The van der Waals surface area contributed by atoms with Gasteiger partial charge in [-0.05, 0) is 23.8 Å². The van der Waals surface area contributed by atoms with Gasteiger partial charge in [-0.1, -0.05) is 24.3 Å². The molecule has 0 aliphatic carbocycles. The highest BCUT2D eigenvalue weighted by atomic mass is 35.5. The molecule has 1 aromatic carbocycles. The lowest BCUT2D eigenvalue weighted by molar-refractivity contribution is 0.524. The minimum atomic E-state index is -0.268. The molecule has 3 aromatic rings. The normalized spacial score (nSPS) is 11.4. The zero-order chi connectivity index (χ0) is 11.7. The quantitative estimate of drug-likeness (QED) is 0.784. The number of hydrogen-bond donors (Lipinski definition) is 1. The molecule has 1 atom stereocenters. The summed E-state index contributed by atoms with van der Waals surface area (Å²) in [4.78, 5) is 4.06. The van der Waals surface area contributed by atoms with E-state index in [0.717, 1.165) is 22.3 Å². The van der Waals surface area contributed by atoms with Gasteiger partial charge in [0.25, 0.3) is 0 Å². The van der Waals surface area contributed by atoms with Crippen LogP contribution in [0.1, 0.15) is 17.4 Å². The van der Waals surface area contributed by atoms with Crippen molar-refractivity contribution in [2.45, 2.75) is 6.04 Å². The van der Waals surface area contributed by atoms with E-state index in [4.69, 9.17) is 10.2 Å². The SMILES string of the molecule is Cl.Cl.NC(c1cccnc1)c1cc2ccccc2o1. The van der Waals surface area contributed by atoms with Crippen LogP contribution in [0.2, 0.25) is 0 Å². The molecule has 2 N–H and O–H groups in total. The van der Waals surface area contributed by atoms with E-state index in [-0.39, 0.29) is 30.9 Å². The number of para-hydroxylation sites is 1. The van der Waals surface area contributed by atoms with E-state index in [1.54, 1.807) is 12.4 Å². The second-order valence-corrected chi connectivity index (χ2v) is 3.95. The van der Waals surface area contributed by atoms with E-state index in [9.17, 15) is 0 Å². The number of halogens is 2. The minimum absolute atomic E-state index is 0. The van der Waals surface area contributed by atoms with Crippen LogP contribution in [0.5, 0.6) is 0 Å². The van der Waals surface area contributed by atoms with Gasteiger partial charge in [-0.15, -0.1) is 24.8 Å². The molecule has 0 saturated heterocycles. The second-order valence-electron chi connectivity index (χ2n) is 3.95. The van der Waals surface area contributed by atoms with E-state index in [0.29, 0.717) is 0 Å². The van der Waals surface area contributed by atoms with Crippen molar-refractivity contribution in [2.24, 2.45) is 5.73 Å². The molecule has 0 aliphatic rings. The van der Waals surface area contributed by atoms with Gasteiger partial charge in [0, 0.05) is 17.8 Å². The Morgan fingerprint density at radius 3 is 2.53 bits per heavy atom. The van der Waals surface area contributed by atoms with Crippen molar-refractivity contribution in [3.8, 4) is 0 Å². The zero-order valence-electron chi connectivity index (χ0n) is 10.0. The van der Waals surface area contributed by atoms with Gasteiger partial charge in [0.15, 0.2) is 0 Å². The zero-order valence-corrected chi connectivity index (χ0v) is 11.7. The van der Waals surface area contributed by atoms with Crippen molar-refractivity contribution in [3.63, 3.8) is 0 Å². The van der Waals surface area contributed by atoms with Crippen molar-refractivity contribution in [1.82, 2.24) is 4.98 Å². The number of fused-ring (bicyclic) bond motifs is 1. The molecule has 2 heterocycles. The maximum absolute atomic E-state index is 6.15. The molecule has 100 valence electrons. The van der Waals surface area contributed by atoms with Gasteiger partial charge in [0.2, 0.25) is 0 Å². The first-order chi connectivity index (χ1) is 8.34. The van der Waals surface area contributed by atoms with Crippen LogP contribution in [0.3, 0.4) is 0 Å². The molecule has 2 aromatic heterocycles.